The Morgan fingerprint density at radius 1 is 1.64 bits per heavy atom. The Morgan fingerprint density at radius 2 is 2.18 bits per heavy atom. The molecule has 11 heavy (non-hydrogen) atoms. The summed E-state index contributed by atoms with van der Waals surface area (Å²) in [6.45, 7) is 5.64. The molecule has 0 saturated heterocycles. The van der Waals surface area contributed by atoms with Crippen LogP contribution >= 0.6 is 0 Å². The minimum atomic E-state index is -0.417. The van der Waals surface area contributed by atoms with Crippen LogP contribution in [-0.2, 0) is 9.53 Å². The van der Waals surface area contributed by atoms with E-state index in [0.717, 1.165) is 0 Å². The maximum absolute atomic E-state index is 10.9. The smallest absolute Gasteiger partial charge is 0.262 e. The number of hydrogen-bond donors (Lipinski definition) is 2. The third-order valence-electron chi connectivity index (χ3n) is 1.24. The minimum Gasteiger partial charge on any atom is -0.366 e. The molecule has 0 aromatic heterocycles. The summed E-state index contributed by atoms with van der Waals surface area (Å²) in [5.41, 5.74) is 2.06. The van der Waals surface area contributed by atoms with Gasteiger partial charge in [0.1, 0.15) is 6.10 Å². The Kier molecular flexibility index (Phi) is 4.81. The van der Waals surface area contributed by atoms with Gasteiger partial charge in [-0.05, 0) is 20.3 Å². The fraction of sp³-hybridized carbons (Fsp3) is 0.857. The van der Waals surface area contributed by atoms with Crippen LogP contribution in [0, 0.1) is 0 Å². The second kappa shape index (κ2) is 5.09. The molecule has 1 amide bonds. The normalized spacial score (nSPS) is 13.2. The summed E-state index contributed by atoms with van der Waals surface area (Å²) in [6.07, 6.45) is 0.276. The van der Waals surface area contributed by atoms with Gasteiger partial charge >= 0.3 is 0 Å². The number of ether oxygens (including phenoxy) is 1. The molecule has 0 spiro atoms. The zero-order valence-electron chi connectivity index (χ0n) is 7.26. The molecule has 0 fully saturated rings. The molecule has 4 heteroatoms. The largest absolute Gasteiger partial charge is 0.366 e. The molecule has 0 aliphatic carbocycles. The number of hydrogen-bond acceptors (Lipinski definition) is 3. The average Bonchev–Trinajstić information content (AvgIpc) is 1.98. The van der Waals surface area contributed by atoms with Crippen LogP contribution in [-0.4, -0.2) is 18.1 Å². The highest BCUT2D eigenvalue weighted by Gasteiger charge is 2.16. The lowest BCUT2D eigenvalue weighted by atomic mass is 10.2. The van der Waals surface area contributed by atoms with E-state index in [4.69, 9.17) is 10.6 Å². The topological polar surface area (TPSA) is 64.3 Å². The molecule has 0 aliphatic heterocycles. The van der Waals surface area contributed by atoms with E-state index in [1.807, 2.05) is 20.8 Å². The van der Waals surface area contributed by atoms with E-state index in [1.54, 1.807) is 0 Å². The Hall–Kier alpha value is -0.610. The number of rotatable bonds is 4. The fourth-order valence-electron chi connectivity index (χ4n) is 0.765. The quantitative estimate of drug-likeness (QED) is 0.350. The molecule has 0 aromatic carbocycles. The van der Waals surface area contributed by atoms with Crippen molar-refractivity contribution in [1.29, 1.82) is 0 Å². The van der Waals surface area contributed by atoms with Crippen LogP contribution in [0.3, 0.4) is 0 Å². The second-order valence-corrected chi connectivity index (χ2v) is 2.59. The number of carbonyl (C=O) groups excluding carboxylic acids is 1. The number of nitrogens with two attached hydrogens (primary N) is 1. The standard InChI is InChI=1S/C7H16N2O2/c1-4-6(7(10)9-8)11-5(2)3/h5-6H,4,8H2,1-3H3,(H,9,10)/t6-/m0/s1. The van der Waals surface area contributed by atoms with E-state index in [0.29, 0.717) is 6.42 Å². The molecule has 0 bridgehead atoms. The summed E-state index contributed by atoms with van der Waals surface area (Å²) >= 11 is 0. The van der Waals surface area contributed by atoms with Crippen molar-refractivity contribution in [2.45, 2.75) is 39.4 Å². The van der Waals surface area contributed by atoms with Crippen molar-refractivity contribution in [3.8, 4) is 0 Å². The summed E-state index contributed by atoms with van der Waals surface area (Å²) in [7, 11) is 0. The summed E-state index contributed by atoms with van der Waals surface area (Å²) in [5.74, 6) is 4.68. The lowest BCUT2D eigenvalue weighted by Crippen LogP contribution is -2.41. The molecule has 0 heterocycles. The van der Waals surface area contributed by atoms with Gasteiger partial charge in [-0.1, -0.05) is 6.92 Å². The Bertz CT molecular complexity index is 126. The highest BCUT2D eigenvalue weighted by atomic mass is 16.5. The first-order valence-corrected chi connectivity index (χ1v) is 3.77. The zero-order chi connectivity index (χ0) is 8.85. The van der Waals surface area contributed by atoms with Crippen molar-refractivity contribution in [2.75, 3.05) is 0 Å². The van der Waals surface area contributed by atoms with Crippen LogP contribution in [0.4, 0.5) is 0 Å². The van der Waals surface area contributed by atoms with E-state index >= 15 is 0 Å². The molecule has 0 unspecified atom stereocenters. The monoisotopic (exact) mass is 160 g/mol. The molecular formula is C7H16N2O2. The first-order chi connectivity index (χ1) is 5.11. The molecule has 4 nitrogen and oxygen atoms in total. The van der Waals surface area contributed by atoms with Crippen LogP contribution < -0.4 is 11.3 Å². The van der Waals surface area contributed by atoms with Crippen molar-refractivity contribution in [1.82, 2.24) is 5.43 Å². The maximum atomic E-state index is 10.9. The van der Waals surface area contributed by atoms with Crippen LogP contribution in [0.1, 0.15) is 27.2 Å². The number of amides is 1. The highest BCUT2D eigenvalue weighted by Crippen LogP contribution is 2.01. The van der Waals surface area contributed by atoms with E-state index in [9.17, 15) is 4.79 Å². The Morgan fingerprint density at radius 3 is 2.45 bits per heavy atom. The van der Waals surface area contributed by atoms with Crippen LogP contribution in [0.25, 0.3) is 0 Å². The molecule has 0 rings (SSSR count). The lowest BCUT2D eigenvalue weighted by Gasteiger charge is -2.16. The zero-order valence-corrected chi connectivity index (χ0v) is 7.26. The van der Waals surface area contributed by atoms with E-state index in [-0.39, 0.29) is 12.0 Å². The van der Waals surface area contributed by atoms with Crippen molar-refractivity contribution < 1.29 is 9.53 Å². The van der Waals surface area contributed by atoms with Gasteiger partial charge in [0.15, 0.2) is 0 Å². The van der Waals surface area contributed by atoms with Crippen molar-refractivity contribution >= 4 is 5.91 Å². The maximum Gasteiger partial charge on any atom is 0.262 e. The van der Waals surface area contributed by atoms with Crippen LogP contribution in [0.5, 0.6) is 0 Å². The van der Waals surface area contributed by atoms with Crippen molar-refractivity contribution in [3.63, 3.8) is 0 Å². The Labute approximate surface area is 67.1 Å². The SMILES string of the molecule is CC[C@H](OC(C)C)C(=O)NN. The van der Waals surface area contributed by atoms with E-state index in [2.05, 4.69) is 5.43 Å². The second-order valence-electron chi connectivity index (χ2n) is 2.59. The molecule has 3 N–H and O–H groups in total. The predicted octanol–water partition coefficient (Wildman–Crippen LogP) is 0.180. The van der Waals surface area contributed by atoms with Gasteiger partial charge in [-0.25, -0.2) is 5.84 Å². The van der Waals surface area contributed by atoms with Gasteiger partial charge in [-0.2, -0.15) is 0 Å². The molecule has 66 valence electrons. The van der Waals surface area contributed by atoms with E-state index < -0.39 is 6.10 Å². The third kappa shape index (κ3) is 3.95. The van der Waals surface area contributed by atoms with Crippen molar-refractivity contribution in [2.24, 2.45) is 5.84 Å². The van der Waals surface area contributed by atoms with Gasteiger partial charge in [0, 0.05) is 0 Å². The number of carbonyl (C=O) groups is 1. The van der Waals surface area contributed by atoms with Gasteiger partial charge in [0.05, 0.1) is 6.10 Å². The molecule has 0 saturated carbocycles. The predicted molar refractivity (Wildman–Crippen MR) is 42.6 cm³/mol. The first kappa shape index (κ1) is 10.4. The summed E-state index contributed by atoms with van der Waals surface area (Å²) < 4.78 is 5.26. The first-order valence-electron chi connectivity index (χ1n) is 3.77. The van der Waals surface area contributed by atoms with Gasteiger partial charge < -0.3 is 4.74 Å². The minimum absolute atomic E-state index is 0.0530. The van der Waals surface area contributed by atoms with E-state index in [1.165, 1.54) is 0 Å². The third-order valence-corrected chi connectivity index (χ3v) is 1.24. The number of nitrogens with one attached hydrogen (secondary N) is 1. The van der Waals surface area contributed by atoms with Gasteiger partial charge in [-0.15, -0.1) is 0 Å². The van der Waals surface area contributed by atoms with Gasteiger partial charge in [0.2, 0.25) is 0 Å². The summed E-state index contributed by atoms with van der Waals surface area (Å²) in [4.78, 5) is 10.9. The Balaban J connectivity index is 3.84. The van der Waals surface area contributed by atoms with Crippen LogP contribution in [0.2, 0.25) is 0 Å². The van der Waals surface area contributed by atoms with Gasteiger partial charge in [-0.3, -0.25) is 10.2 Å². The average molecular weight is 160 g/mol. The fourth-order valence-corrected chi connectivity index (χ4v) is 0.765. The van der Waals surface area contributed by atoms with Crippen LogP contribution in [0.15, 0.2) is 0 Å². The summed E-state index contributed by atoms with van der Waals surface area (Å²) in [5, 5.41) is 0. The molecule has 0 aliphatic rings. The molecule has 1 atom stereocenters. The lowest BCUT2D eigenvalue weighted by molar-refractivity contribution is -0.135. The van der Waals surface area contributed by atoms with Crippen molar-refractivity contribution in [3.05, 3.63) is 0 Å². The molecule has 0 aromatic rings. The summed E-state index contributed by atoms with van der Waals surface area (Å²) in [6, 6.07) is 0. The molecule has 0 radical (unpaired) electrons. The highest BCUT2D eigenvalue weighted by molar-refractivity contribution is 5.80. The molecular weight excluding hydrogens is 144 g/mol. The number of hydrazine groups is 1. The van der Waals surface area contributed by atoms with Gasteiger partial charge in [0.25, 0.3) is 5.91 Å².